The van der Waals surface area contributed by atoms with Crippen molar-refractivity contribution < 1.29 is 0 Å². The lowest BCUT2D eigenvalue weighted by molar-refractivity contribution is 1.91. The van der Waals surface area contributed by atoms with Gasteiger partial charge in [0, 0.05) is 48.4 Å². The highest BCUT2D eigenvalue weighted by Gasteiger charge is 2.05. The number of fused-ring (bicyclic) bond motifs is 1. The Hall–Kier alpha value is -2.58. The summed E-state index contributed by atoms with van der Waals surface area (Å²) >= 11 is 10.9. The minimum atomic E-state index is 1.28. The van der Waals surface area contributed by atoms with E-state index < -0.39 is 0 Å². The Kier molecular flexibility index (Phi) is 7.41. The number of hydrogen-bond donors (Lipinski definition) is 0. The van der Waals surface area contributed by atoms with E-state index in [0.29, 0.717) is 0 Å². The largest absolute Gasteiger partial charge is 0.144 e. The molecular formula is C30H20S6. The second kappa shape index (κ2) is 11.2. The summed E-state index contributed by atoms with van der Waals surface area (Å²) in [6.07, 6.45) is 17.7. The van der Waals surface area contributed by atoms with Crippen LogP contribution in [-0.4, -0.2) is 0 Å². The Balaban J connectivity index is 1.08. The second-order valence-corrected chi connectivity index (χ2v) is 14.4. The summed E-state index contributed by atoms with van der Waals surface area (Å²) in [6.45, 7) is 0. The zero-order valence-corrected chi connectivity index (χ0v) is 23.9. The van der Waals surface area contributed by atoms with Gasteiger partial charge in [0.15, 0.2) is 0 Å². The number of thiophene rings is 6. The summed E-state index contributed by atoms with van der Waals surface area (Å²) in [6, 6.07) is 21.8. The highest BCUT2D eigenvalue weighted by Crippen LogP contribution is 2.35. The topological polar surface area (TPSA) is 0 Å². The zero-order valence-electron chi connectivity index (χ0n) is 19.0. The fourth-order valence-corrected chi connectivity index (χ4v) is 8.65. The standard InChI is InChI=1S/C30H20S6/c1-3-21(31-17-1)5-7-23-9-11-25(33-23)13-15-27-19-29-30(35-27)20-28(36-29)16-14-26-12-10-24(34-26)8-6-22-4-2-18-32-22/h1-20H/b7-5+,8-6+,15-13+,16-14+. The van der Waals surface area contributed by atoms with Crippen LogP contribution in [-0.2, 0) is 0 Å². The van der Waals surface area contributed by atoms with E-state index in [1.807, 2.05) is 45.3 Å². The zero-order chi connectivity index (χ0) is 24.2. The first-order chi connectivity index (χ1) is 17.8. The molecule has 0 aromatic carbocycles. The van der Waals surface area contributed by atoms with Crippen molar-refractivity contribution in [3.05, 3.63) is 110 Å². The Bertz CT molecular complexity index is 1520. The van der Waals surface area contributed by atoms with Crippen LogP contribution in [0, 0.1) is 0 Å². The van der Waals surface area contributed by atoms with Gasteiger partial charge in [0.25, 0.3) is 0 Å². The van der Waals surface area contributed by atoms with Crippen LogP contribution in [0.4, 0.5) is 0 Å². The van der Waals surface area contributed by atoms with E-state index in [2.05, 4.69) is 120 Å². The van der Waals surface area contributed by atoms with Crippen molar-refractivity contribution in [3.63, 3.8) is 0 Å². The smallest absolute Gasteiger partial charge is 0.0463 e. The molecule has 176 valence electrons. The van der Waals surface area contributed by atoms with E-state index in [0.717, 1.165) is 0 Å². The van der Waals surface area contributed by atoms with Crippen molar-refractivity contribution in [1.82, 2.24) is 0 Å². The Morgan fingerprint density at radius 1 is 0.361 bits per heavy atom. The molecule has 0 aliphatic heterocycles. The first-order valence-corrected chi connectivity index (χ1v) is 16.3. The minimum Gasteiger partial charge on any atom is -0.144 e. The predicted octanol–water partition coefficient (Wildman–Crippen LogP) is 11.9. The molecule has 6 heteroatoms. The third-order valence-electron chi connectivity index (χ3n) is 5.27. The average Bonchev–Trinajstić information content (AvgIpc) is 3.71. The van der Waals surface area contributed by atoms with E-state index in [1.54, 1.807) is 22.7 Å². The molecule has 0 saturated carbocycles. The molecule has 0 nitrogen and oxygen atoms in total. The fraction of sp³-hybridized carbons (Fsp3) is 0. The van der Waals surface area contributed by atoms with Crippen LogP contribution >= 0.6 is 68.0 Å². The van der Waals surface area contributed by atoms with Crippen LogP contribution in [0.15, 0.2) is 71.4 Å². The van der Waals surface area contributed by atoms with Gasteiger partial charge >= 0.3 is 0 Å². The molecule has 0 aliphatic rings. The van der Waals surface area contributed by atoms with Gasteiger partial charge in [0.1, 0.15) is 0 Å². The van der Waals surface area contributed by atoms with Gasteiger partial charge in [0.05, 0.1) is 0 Å². The molecule has 0 atom stereocenters. The van der Waals surface area contributed by atoms with Crippen LogP contribution in [0.3, 0.4) is 0 Å². The van der Waals surface area contributed by atoms with Gasteiger partial charge < -0.3 is 0 Å². The van der Waals surface area contributed by atoms with Gasteiger partial charge in [-0.2, -0.15) is 0 Å². The summed E-state index contributed by atoms with van der Waals surface area (Å²) < 4.78 is 2.71. The van der Waals surface area contributed by atoms with Crippen molar-refractivity contribution in [3.8, 4) is 0 Å². The molecule has 0 spiro atoms. The van der Waals surface area contributed by atoms with Gasteiger partial charge in [-0.15, -0.1) is 68.0 Å². The molecule has 0 fully saturated rings. The van der Waals surface area contributed by atoms with Crippen LogP contribution in [0.5, 0.6) is 0 Å². The van der Waals surface area contributed by atoms with Crippen molar-refractivity contribution in [2.75, 3.05) is 0 Å². The quantitative estimate of drug-likeness (QED) is 0.170. The fourth-order valence-electron chi connectivity index (χ4n) is 3.56. The molecule has 0 aliphatic carbocycles. The van der Waals surface area contributed by atoms with Crippen molar-refractivity contribution >= 4 is 126 Å². The summed E-state index contributed by atoms with van der Waals surface area (Å²) in [7, 11) is 0. The summed E-state index contributed by atoms with van der Waals surface area (Å²) in [5, 5.41) is 4.22. The summed E-state index contributed by atoms with van der Waals surface area (Å²) in [4.78, 5) is 10.3. The van der Waals surface area contributed by atoms with Gasteiger partial charge in [-0.05, 0) is 108 Å². The van der Waals surface area contributed by atoms with Crippen molar-refractivity contribution in [1.29, 1.82) is 0 Å². The van der Waals surface area contributed by atoms with Crippen LogP contribution in [0.2, 0.25) is 0 Å². The third-order valence-corrected chi connectivity index (χ3v) is 11.2. The molecule has 6 aromatic rings. The monoisotopic (exact) mass is 572 g/mol. The first kappa shape index (κ1) is 23.8. The van der Waals surface area contributed by atoms with Gasteiger partial charge in [-0.25, -0.2) is 0 Å². The molecule has 0 unspecified atom stereocenters. The highest BCUT2D eigenvalue weighted by atomic mass is 32.1. The molecule has 0 saturated heterocycles. The van der Waals surface area contributed by atoms with E-state index in [1.165, 1.54) is 48.4 Å². The maximum Gasteiger partial charge on any atom is 0.0463 e. The van der Waals surface area contributed by atoms with E-state index >= 15 is 0 Å². The van der Waals surface area contributed by atoms with Gasteiger partial charge in [-0.1, -0.05) is 12.1 Å². The molecule has 0 bridgehead atoms. The lowest BCUT2D eigenvalue weighted by Gasteiger charge is -1.87. The molecule has 0 amide bonds. The van der Waals surface area contributed by atoms with Gasteiger partial charge in [-0.3, -0.25) is 0 Å². The first-order valence-electron chi connectivity index (χ1n) is 11.3. The SMILES string of the molecule is C(=C\c1ccc(/C=C/c2cc3sc(/C=C/c4ccc(/C=C/c5cccs5)s4)cc3s2)s1)/c1cccs1. The Morgan fingerprint density at radius 3 is 1.08 bits per heavy atom. The van der Waals surface area contributed by atoms with Crippen LogP contribution in [0.1, 0.15) is 39.0 Å². The number of rotatable bonds is 8. The van der Waals surface area contributed by atoms with Crippen LogP contribution in [0.25, 0.3) is 58.0 Å². The lowest BCUT2D eigenvalue weighted by Crippen LogP contribution is -1.60. The second-order valence-electron chi connectivity index (χ2n) is 7.87. The maximum atomic E-state index is 2.31. The maximum absolute atomic E-state index is 2.31. The van der Waals surface area contributed by atoms with E-state index in [-0.39, 0.29) is 0 Å². The predicted molar refractivity (Wildman–Crippen MR) is 173 cm³/mol. The summed E-state index contributed by atoms with van der Waals surface area (Å²) in [5.74, 6) is 0. The molecule has 0 radical (unpaired) electrons. The van der Waals surface area contributed by atoms with Crippen molar-refractivity contribution in [2.24, 2.45) is 0 Å². The Morgan fingerprint density at radius 2 is 0.722 bits per heavy atom. The third kappa shape index (κ3) is 6.03. The molecule has 0 N–H and O–H groups in total. The normalized spacial score (nSPS) is 12.6. The van der Waals surface area contributed by atoms with Gasteiger partial charge in [0.2, 0.25) is 0 Å². The lowest BCUT2D eigenvalue weighted by atomic mass is 10.3. The molecule has 36 heavy (non-hydrogen) atoms. The molecular weight excluding hydrogens is 553 g/mol. The number of hydrogen-bond acceptors (Lipinski definition) is 6. The molecule has 6 rings (SSSR count). The van der Waals surface area contributed by atoms with Crippen LogP contribution < -0.4 is 0 Å². The summed E-state index contributed by atoms with van der Waals surface area (Å²) in [5.41, 5.74) is 0. The van der Waals surface area contributed by atoms with E-state index in [9.17, 15) is 0 Å². The Labute approximate surface area is 234 Å². The molecule has 6 aromatic heterocycles. The highest BCUT2D eigenvalue weighted by molar-refractivity contribution is 7.28. The van der Waals surface area contributed by atoms with E-state index in [4.69, 9.17) is 0 Å². The van der Waals surface area contributed by atoms with Crippen molar-refractivity contribution in [2.45, 2.75) is 0 Å². The average molecular weight is 573 g/mol. The minimum absolute atomic E-state index is 1.28. The molecule has 6 heterocycles.